The molecule has 72 valence electrons. The second-order valence-corrected chi connectivity index (χ2v) is 3.62. The molecule has 0 aromatic heterocycles. The zero-order valence-corrected chi connectivity index (χ0v) is 8.01. The maximum atomic E-state index is 5.19. The zero-order valence-electron chi connectivity index (χ0n) is 8.01. The van der Waals surface area contributed by atoms with Crippen LogP contribution in [0.4, 0.5) is 0 Å². The molecule has 1 rings (SSSR count). The van der Waals surface area contributed by atoms with Crippen molar-refractivity contribution >= 4 is 0 Å². The van der Waals surface area contributed by atoms with Gasteiger partial charge in [0.05, 0.1) is 6.10 Å². The van der Waals surface area contributed by atoms with Crippen LogP contribution in [0.15, 0.2) is 0 Å². The Balaban J connectivity index is 1.88. The lowest BCUT2D eigenvalue weighted by Crippen LogP contribution is -2.26. The van der Waals surface area contributed by atoms with Crippen molar-refractivity contribution in [2.24, 2.45) is 0 Å². The van der Waals surface area contributed by atoms with E-state index in [9.17, 15) is 0 Å². The maximum absolute atomic E-state index is 5.19. The number of rotatable bonds is 5. The lowest BCUT2D eigenvalue weighted by atomic mass is 10.3. The summed E-state index contributed by atoms with van der Waals surface area (Å²) in [4.78, 5) is 10.2. The van der Waals surface area contributed by atoms with Crippen LogP contribution in [0.1, 0.15) is 39.5 Å². The van der Waals surface area contributed by atoms with E-state index >= 15 is 0 Å². The molecular weight excluding hydrogens is 154 g/mol. The molecular formula is C9H19NO2. The third kappa shape index (κ3) is 4.04. The predicted octanol–water partition coefficient (Wildman–Crippen LogP) is 1.83. The van der Waals surface area contributed by atoms with Crippen LogP contribution in [0.2, 0.25) is 0 Å². The van der Waals surface area contributed by atoms with Crippen molar-refractivity contribution in [3.05, 3.63) is 0 Å². The maximum Gasteiger partial charge on any atom is 0.133 e. The standard InChI is InChI=1S/C9H19NO2/c1-8(2)10-7-11-12-9-5-3-4-6-9/h8-10H,3-7H2,1-2H3. The highest BCUT2D eigenvalue weighted by Gasteiger charge is 2.15. The van der Waals surface area contributed by atoms with E-state index in [1.54, 1.807) is 0 Å². The molecule has 12 heavy (non-hydrogen) atoms. The molecule has 0 aliphatic heterocycles. The largest absolute Gasteiger partial charge is 0.290 e. The molecule has 1 saturated carbocycles. The molecule has 0 unspecified atom stereocenters. The Bertz CT molecular complexity index is 111. The van der Waals surface area contributed by atoms with Gasteiger partial charge in [0.25, 0.3) is 0 Å². The van der Waals surface area contributed by atoms with Gasteiger partial charge in [-0.05, 0) is 26.7 Å². The summed E-state index contributed by atoms with van der Waals surface area (Å²) in [6.07, 6.45) is 5.22. The van der Waals surface area contributed by atoms with E-state index in [1.807, 2.05) is 0 Å². The first kappa shape index (κ1) is 9.96. The third-order valence-corrected chi connectivity index (χ3v) is 2.06. The van der Waals surface area contributed by atoms with Gasteiger partial charge in [-0.2, -0.15) is 0 Å². The van der Waals surface area contributed by atoms with Crippen molar-refractivity contribution in [3.63, 3.8) is 0 Å². The van der Waals surface area contributed by atoms with E-state index in [-0.39, 0.29) is 0 Å². The molecule has 1 aliphatic rings. The van der Waals surface area contributed by atoms with Crippen LogP contribution < -0.4 is 5.32 Å². The molecule has 0 atom stereocenters. The topological polar surface area (TPSA) is 30.5 Å². The summed E-state index contributed by atoms with van der Waals surface area (Å²) in [7, 11) is 0. The molecule has 1 fully saturated rings. The lowest BCUT2D eigenvalue weighted by molar-refractivity contribution is -0.326. The summed E-state index contributed by atoms with van der Waals surface area (Å²) in [6.45, 7) is 4.66. The summed E-state index contributed by atoms with van der Waals surface area (Å²) < 4.78 is 0. The zero-order chi connectivity index (χ0) is 8.81. The van der Waals surface area contributed by atoms with Crippen LogP contribution in [0.25, 0.3) is 0 Å². The monoisotopic (exact) mass is 173 g/mol. The van der Waals surface area contributed by atoms with Crippen LogP contribution in [0.5, 0.6) is 0 Å². The van der Waals surface area contributed by atoms with Gasteiger partial charge in [-0.15, -0.1) is 0 Å². The lowest BCUT2D eigenvalue weighted by Gasteiger charge is -2.11. The second-order valence-electron chi connectivity index (χ2n) is 3.62. The summed E-state index contributed by atoms with van der Waals surface area (Å²) in [5, 5.41) is 3.12. The van der Waals surface area contributed by atoms with E-state index in [0.29, 0.717) is 18.9 Å². The molecule has 1 N–H and O–H groups in total. The molecule has 0 aromatic carbocycles. The fourth-order valence-electron chi connectivity index (χ4n) is 1.32. The summed E-state index contributed by atoms with van der Waals surface area (Å²) in [5.41, 5.74) is 0. The Labute approximate surface area is 74.4 Å². The first-order valence-electron chi connectivity index (χ1n) is 4.80. The first-order chi connectivity index (χ1) is 5.79. The fraction of sp³-hybridized carbons (Fsp3) is 1.00. The van der Waals surface area contributed by atoms with Gasteiger partial charge in [0.2, 0.25) is 0 Å². The number of hydrogen-bond acceptors (Lipinski definition) is 3. The summed E-state index contributed by atoms with van der Waals surface area (Å²) in [6, 6.07) is 0.456. The highest BCUT2D eigenvalue weighted by atomic mass is 17.2. The van der Waals surface area contributed by atoms with Gasteiger partial charge >= 0.3 is 0 Å². The van der Waals surface area contributed by atoms with Gasteiger partial charge in [0.1, 0.15) is 6.73 Å². The normalized spacial score (nSPS) is 19.2. The molecule has 0 spiro atoms. The van der Waals surface area contributed by atoms with Crippen molar-refractivity contribution in [1.29, 1.82) is 0 Å². The smallest absolute Gasteiger partial charge is 0.133 e. The minimum atomic E-state index is 0.346. The van der Waals surface area contributed by atoms with E-state index in [1.165, 1.54) is 12.8 Å². The van der Waals surface area contributed by atoms with Crippen molar-refractivity contribution in [3.8, 4) is 0 Å². The Morgan fingerprint density at radius 2 is 2.00 bits per heavy atom. The van der Waals surface area contributed by atoms with Gasteiger partial charge in [-0.1, -0.05) is 12.8 Å². The third-order valence-electron chi connectivity index (χ3n) is 2.06. The Morgan fingerprint density at radius 1 is 1.33 bits per heavy atom. The number of hydrogen-bond donors (Lipinski definition) is 1. The quantitative estimate of drug-likeness (QED) is 0.298. The Hall–Kier alpha value is -0.120. The first-order valence-corrected chi connectivity index (χ1v) is 4.80. The molecule has 0 radical (unpaired) electrons. The van der Waals surface area contributed by atoms with Crippen molar-refractivity contribution in [2.45, 2.75) is 51.7 Å². The molecule has 3 nitrogen and oxygen atoms in total. The van der Waals surface area contributed by atoms with Gasteiger partial charge in [0.15, 0.2) is 0 Å². The van der Waals surface area contributed by atoms with Gasteiger partial charge in [-0.25, -0.2) is 9.78 Å². The minimum Gasteiger partial charge on any atom is -0.290 e. The van der Waals surface area contributed by atoms with Crippen LogP contribution >= 0.6 is 0 Å². The molecule has 0 heterocycles. The minimum absolute atomic E-state index is 0.346. The summed E-state index contributed by atoms with van der Waals surface area (Å²) >= 11 is 0. The van der Waals surface area contributed by atoms with Crippen molar-refractivity contribution in [2.75, 3.05) is 6.73 Å². The Morgan fingerprint density at radius 3 is 2.58 bits per heavy atom. The van der Waals surface area contributed by atoms with Crippen LogP contribution in [0, 0.1) is 0 Å². The van der Waals surface area contributed by atoms with E-state index < -0.39 is 0 Å². The molecule has 0 amide bonds. The molecule has 1 aliphatic carbocycles. The van der Waals surface area contributed by atoms with Crippen LogP contribution in [-0.2, 0) is 9.78 Å². The fourth-order valence-corrected chi connectivity index (χ4v) is 1.32. The molecule has 0 saturated heterocycles. The van der Waals surface area contributed by atoms with Crippen molar-refractivity contribution < 1.29 is 9.78 Å². The molecule has 3 heteroatoms. The van der Waals surface area contributed by atoms with E-state index in [0.717, 1.165) is 12.8 Å². The van der Waals surface area contributed by atoms with E-state index in [4.69, 9.17) is 9.78 Å². The number of nitrogens with one attached hydrogen (secondary N) is 1. The van der Waals surface area contributed by atoms with Crippen LogP contribution in [0.3, 0.4) is 0 Å². The average Bonchev–Trinajstić information content (AvgIpc) is 2.49. The average molecular weight is 173 g/mol. The molecule has 0 aromatic rings. The highest BCUT2D eigenvalue weighted by molar-refractivity contribution is 4.64. The van der Waals surface area contributed by atoms with Crippen molar-refractivity contribution in [1.82, 2.24) is 5.32 Å². The van der Waals surface area contributed by atoms with Gasteiger partial charge in [-0.3, -0.25) is 5.32 Å². The van der Waals surface area contributed by atoms with Gasteiger partial charge < -0.3 is 0 Å². The second kappa shape index (κ2) is 5.51. The summed E-state index contributed by atoms with van der Waals surface area (Å²) in [5.74, 6) is 0. The molecule has 0 bridgehead atoms. The van der Waals surface area contributed by atoms with Gasteiger partial charge in [0, 0.05) is 6.04 Å². The SMILES string of the molecule is CC(C)NCOOC1CCCC1. The van der Waals surface area contributed by atoms with E-state index in [2.05, 4.69) is 19.2 Å². The van der Waals surface area contributed by atoms with Crippen LogP contribution in [-0.4, -0.2) is 18.9 Å². The predicted molar refractivity (Wildman–Crippen MR) is 47.6 cm³/mol. The Kier molecular flexibility index (Phi) is 4.58. The highest BCUT2D eigenvalue weighted by Crippen LogP contribution is 2.20.